The molecule has 5 nitrogen and oxygen atoms in total. The van der Waals surface area contributed by atoms with Gasteiger partial charge in [-0.1, -0.05) is 6.07 Å². The molecule has 7 heteroatoms. The summed E-state index contributed by atoms with van der Waals surface area (Å²) in [6.07, 6.45) is 0. The first-order valence-corrected chi connectivity index (χ1v) is 9.19. The van der Waals surface area contributed by atoms with Crippen LogP contribution in [-0.4, -0.2) is 78.6 Å². The first kappa shape index (κ1) is 26.1. The molecule has 27 heavy (non-hydrogen) atoms. The highest BCUT2D eigenvalue weighted by atomic mass is 35.5. The first-order chi connectivity index (χ1) is 11.8. The van der Waals surface area contributed by atoms with Gasteiger partial charge in [-0.2, -0.15) is 0 Å². The molecular formula is C20H35Cl2N3O2. The largest absolute Gasteiger partial charge is 0.395 e. The van der Waals surface area contributed by atoms with Gasteiger partial charge < -0.3 is 14.9 Å². The number of piperazine rings is 1. The molecule has 2 rings (SSSR count). The van der Waals surface area contributed by atoms with Gasteiger partial charge in [-0.3, -0.25) is 9.69 Å². The summed E-state index contributed by atoms with van der Waals surface area (Å²) >= 11 is 0. The van der Waals surface area contributed by atoms with Gasteiger partial charge in [0.15, 0.2) is 0 Å². The van der Waals surface area contributed by atoms with Crippen LogP contribution in [0.15, 0.2) is 6.07 Å². The third-order valence-corrected chi connectivity index (χ3v) is 5.55. The second-order valence-corrected chi connectivity index (χ2v) is 7.36. The standard InChI is InChI=1S/C20H33N3O2.2ClH/c1-15-12-16(2)18(4)19(17(15)3)13-23(10-11-24)20(25)14-22-8-6-21(5)7-9-22;;/h12,24H,6-11,13-14H2,1-5H3;2*1H. The van der Waals surface area contributed by atoms with Gasteiger partial charge in [-0.05, 0) is 62.6 Å². The summed E-state index contributed by atoms with van der Waals surface area (Å²) in [5, 5.41) is 9.44. The maximum absolute atomic E-state index is 12.8. The number of halogens is 2. The van der Waals surface area contributed by atoms with Crippen molar-refractivity contribution < 1.29 is 9.90 Å². The Labute approximate surface area is 176 Å². The number of hydrogen-bond acceptors (Lipinski definition) is 4. The molecule has 0 saturated carbocycles. The molecule has 0 radical (unpaired) electrons. The zero-order chi connectivity index (χ0) is 18.6. The van der Waals surface area contributed by atoms with Crippen molar-refractivity contribution in [3.05, 3.63) is 33.9 Å². The summed E-state index contributed by atoms with van der Waals surface area (Å²) < 4.78 is 0. The number of carbonyl (C=O) groups is 1. The molecule has 0 aromatic heterocycles. The zero-order valence-corrected chi connectivity index (χ0v) is 18.9. The van der Waals surface area contributed by atoms with E-state index < -0.39 is 0 Å². The number of aliphatic hydroxyl groups is 1. The lowest BCUT2D eigenvalue weighted by molar-refractivity contribution is -0.134. The maximum Gasteiger partial charge on any atom is 0.237 e. The minimum atomic E-state index is -0.00261. The average Bonchev–Trinajstić information content (AvgIpc) is 2.58. The fourth-order valence-electron chi connectivity index (χ4n) is 3.44. The van der Waals surface area contributed by atoms with E-state index in [1.54, 1.807) is 0 Å². The zero-order valence-electron chi connectivity index (χ0n) is 17.2. The van der Waals surface area contributed by atoms with Crippen molar-refractivity contribution in [1.29, 1.82) is 0 Å². The molecule has 1 aromatic carbocycles. The summed E-state index contributed by atoms with van der Waals surface area (Å²) in [6.45, 7) is 13.7. The molecule has 0 aliphatic carbocycles. The monoisotopic (exact) mass is 419 g/mol. The highest BCUT2D eigenvalue weighted by Crippen LogP contribution is 2.23. The molecule has 0 unspecified atom stereocenters. The van der Waals surface area contributed by atoms with E-state index in [2.05, 4.69) is 50.6 Å². The van der Waals surface area contributed by atoms with Gasteiger partial charge in [0.25, 0.3) is 0 Å². The van der Waals surface area contributed by atoms with Crippen LogP contribution < -0.4 is 0 Å². The molecule has 1 amide bonds. The molecule has 1 N–H and O–H groups in total. The van der Waals surface area contributed by atoms with Crippen molar-refractivity contribution in [2.75, 3.05) is 52.9 Å². The number of amides is 1. The second kappa shape index (κ2) is 11.9. The van der Waals surface area contributed by atoms with Gasteiger partial charge in [0.1, 0.15) is 0 Å². The van der Waals surface area contributed by atoms with Crippen LogP contribution in [0.5, 0.6) is 0 Å². The summed E-state index contributed by atoms with van der Waals surface area (Å²) in [5.41, 5.74) is 6.23. The number of benzene rings is 1. The average molecular weight is 420 g/mol. The predicted octanol–water partition coefficient (Wildman–Crippen LogP) is 2.33. The summed E-state index contributed by atoms with van der Waals surface area (Å²) in [7, 11) is 2.11. The molecule has 1 aromatic rings. The van der Waals surface area contributed by atoms with Gasteiger partial charge in [0.2, 0.25) is 5.91 Å². The van der Waals surface area contributed by atoms with E-state index in [9.17, 15) is 9.90 Å². The smallest absolute Gasteiger partial charge is 0.237 e. The van der Waals surface area contributed by atoms with Crippen molar-refractivity contribution in [3.8, 4) is 0 Å². The topological polar surface area (TPSA) is 47.0 Å². The van der Waals surface area contributed by atoms with E-state index in [-0.39, 0.29) is 37.3 Å². The molecule has 0 bridgehead atoms. The van der Waals surface area contributed by atoms with Gasteiger partial charge in [0, 0.05) is 39.3 Å². The van der Waals surface area contributed by atoms with Crippen molar-refractivity contribution in [2.24, 2.45) is 0 Å². The van der Waals surface area contributed by atoms with Gasteiger partial charge in [0.05, 0.1) is 13.2 Å². The highest BCUT2D eigenvalue weighted by molar-refractivity contribution is 5.85. The van der Waals surface area contributed by atoms with Crippen LogP contribution in [-0.2, 0) is 11.3 Å². The summed E-state index contributed by atoms with van der Waals surface area (Å²) in [4.78, 5) is 19.2. The highest BCUT2D eigenvalue weighted by Gasteiger charge is 2.22. The maximum atomic E-state index is 12.8. The van der Waals surface area contributed by atoms with E-state index in [4.69, 9.17) is 0 Å². The third-order valence-electron chi connectivity index (χ3n) is 5.55. The Morgan fingerprint density at radius 1 is 1.04 bits per heavy atom. The lowest BCUT2D eigenvalue weighted by atomic mass is 9.94. The molecule has 0 atom stereocenters. The number of aliphatic hydroxyl groups excluding tert-OH is 1. The van der Waals surface area contributed by atoms with Crippen LogP contribution in [0, 0.1) is 27.7 Å². The van der Waals surface area contributed by atoms with Crippen molar-refractivity contribution >= 4 is 30.7 Å². The van der Waals surface area contributed by atoms with Crippen molar-refractivity contribution in [1.82, 2.24) is 14.7 Å². The number of rotatable bonds is 6. The van der Waals surface area contributed by atoms with E-state index >= 15 is 0 Å². The molecule has 0 spiro atoms. The SMILES string of the molecule is Cc1cc(C)c(C)c(CN(CCO)C(=O)CN2CCN(C)CC2)c1C.Cl.Cl. The Bertz CT molecular complexity index is 591. The Kier molecular flexibility index (Phi) is 11.5. The van der Waals surface area contributed by atoms with E-state index in [0.29, 0.717) is 19.6 Å². The number of aryl methyl sites for hydroxylation is 2. The first-order valence-electron chi connectivity index (χ1n) is 9.19. The molecule has 1 aliphatic rings. The predicted molar refractivity (Wildman–Crippen MR) is 116 cm³/mol. The number of nitrogens with zero attached hydrogens (tertiary/aromatic N) is 3. The van der Waals surface area contributed by atoms with Crippen LogP contribution in [0.4, 0.5) is 0 Å². The summed E-state index contributed by atoms with van der Waals surface area (Å²) in [5.74, 6) is 0.108. The van der Waals surface area contributed by atoms with Crippen LogP contribution in [0.3, 0.4) is 0 Å². The fraction of sp³-hybridized carbons (Fsp3) is 0.650. The minimum Gasteiger partial charge on any atom is -0.395 e. The summed E-state index contributed by atoms with van der Waals surface area (Å²) in [6, 6.07) is 2.20. The lowest BCUT2D eigenvalue weighted by Gasteiger charge is -2.33. The molecule has 1 aliphatic heterocycles. The van der Waals surface area contributed by atoms with Crippen LogP contribution in [0.1, 0.15) is 27.8 Å². The molecule has 1 fully saturated rings. The number of hydrogen-bond donors (Lipinski definition) is 1. The lowest BCUT2D eigenvalue weighted by Crippen LogP contribution is -2.49. The minimum absolute atomic E-state index is 0. The molecule has 1 saturated heterocycles. The molecule has 156 valence electrons. The molecule has 1 heterocycles. The van der Waals surface area contributed by atoms with Gasteiger partial charge in [-0.15, -0.1) is 24.8 Å². The Hall–Kier alpha value is -0.850. The van der Waals surface area contributed by atoms with Crippen LogP contribution in [0.2, 0.25) is 0 Å². The van der Waals surface area contributed by atoms with Crippen LogP contribution >= 0.6 is 24.8 Å². The Morgan fingerprint density at radius 2 is 1.56 bits per heavy atom. The number of likely N-dealkylation sites (N-methyl/N-ethyl adjacent to an activating group) is 1. The van der Waals surface area contributed by atoms with Gasteiger partial charge >= 0.3 is 0 Å². The quantitative estimate of drug-likeness (QED) is 0.768. The van der Waals surface area contributed by atoms with E-state index in [1.165, 1.54) is 27.8 Å². The van der Waals surface area contributed by atoms with Gasteiger partial charge in [-0.25, -0.2) is 0 Å². The normalized spacial score (nSPS) is 15.0. The van der Waals surface area contributed by atoms with Crippen molar-refractivity contribution in [2.45, 2.75) is 34.2 Å². The second-order valence-electron chi connectivity index (χ2n) is 7.36. The Balaban J connectivity index is 0.00000338. The fourth-order valence-corrected chi connectivity index (χ4v) is 3.44. The third kappa shape index (κ3) is 6.91. The van der Waals surface area contributed by atoms with Crippen LogP contribution in [0.25, 0.3) is 0 Å². The molecular weight excluding hydrogens is 385 g/mol. The van der Waals surface area contributed by atoms with E-state index in [0.717, 1.165) is 26.2 Å². The Morgan fingerprint density at radius 3 is 2.04 bits per heavy atom. The number of carbonyl (C=O) groups excluding carboxylic acids is 1. The van der Waals surface area contributed by atoms with E-state index in [1.807, 2.05) is 4.90 Å². The van der Waals surface area contributed by atoms with Crippen molar-refractivity contribution in [3.63, 3.8) is 0 Å².